The fourth-order valence-corrected chi connectivity index (χ4v) is 1.31. The predicted octanol–water partition coefficient (Wildman–Crippen LogP) is 0.613. The van der Waals surface area contributed by atoms with Gasteiger partial charge in [-0.05, 0) is 6.92 Å². The van der Waals surface area contributed by atoms with E-state index in [2.05, 4.69) is 10.3 Å². The lowest BCUT2D eigenvalue weighted by Crippen LogP contribution is -2.23. The molecule has 0 aliphatic carbocycles. The Morgan fingerprint density at radius 2 is 2.64 bits per heavy atom. The van der Waals surface area contributed by atoms with Gasteiger partial charge in [-0.1, -0.05) is 0 Å². The molecule has 1 atom stereocenters. The summed E-state index contributed by atoms with van der Waals surface area (Å²) in [5, 5.41) is 15.0. The van der Waals surface area contributed by atoms with E-state index in [1.54, 1.807) is 24.5 Å². The first kappa shape index (κ1) is 8.64. The molecule has 0 amide bonds. The monoisotopic (exact) mass is 172 g/mol. The molecule has 1 aromatic rings. The van der Waals surface area contributed by atoms with E-state index in [4.69, 9.17) is 5.11 Å². The van der Waals surface area contributed by atoms with Crippen molar-refractivity contribution in [2.24, 2.45) is 0 Å². The lowest BCUT2D eigenvalue weighted by atomic mass is 10.4. The van der Waals surface area contributed by atoms with Crippen LogP contribution in [0.3, 0.4) is 0 Å². The number of nitrogens with zero attached hydrogens (tertiary/aromatic N) is 1. The lowest BCUT2D eigenvalue weighted by molar-refractivity contribution is 0.191. The van der Waals surface area contributed by atoms with Gasteiger partial charge in [0, 0.05) is 24.7 Å². The molecule has 62 valence electrons. The molecule has 0 saturated carbocycles. The predicted molar refractivity (Wildman–Crippen MR) is 45.5 cm³/mol. The summed E-state index contributed by atoms with van der Waals surface area (Å²) in [6.45, 7) is 3.14. The molecule has 4 heteroatoms. The molecular formula is C7H12N2OS. The minimum atomic E-state index is -0.282. The maximum atomic E-state index is 8.90. The third-order valence-electron chi connectivity index (χ3n) is 1.20. The molecule has 11 heavy (non-hydrogen) atoms. The third kappa shape index (κ3) is 3.46. The molecule has 0 radical (unpaired) electrons. The molecule has 1 heterocycles. The fourth-order valence-electron chi connectivity index (χ4n) is 0.728. The highest BCUT2D eigenvalue weighted by atomic mass is 32.1. The van der Waals surface area contributed by atoms with Crippen molar-refractivity contribution in [1.29, 1.82) is 0 Å². The van der Waals surface area contributed by atoms with Crippen molar-refractivity contribution < 1.29 is 5.11 Å². The van der Waals surface area contributed by atoms with Crippen molar-refractivity contribution in [3.05, 3.63) is 16.6 Å². The summed E-state index contributed by atoms with van der Waals surface area (Å²) in [5.41, 5.74) is 0. The van der Waals surface area contributed by atoms with Crippen LogP contribution in [-0.2, 0) is 6.54 Å². The number of hydrogen-bond donors (Lipinski definition) is 2. The Balaban J connectivity index is 2.14. The minimum Gasteiger partial charge on any atom is -0.392 e. The molecule has 0 spiro atoms. The minimum absolute atomic E-state index is 0.282. The van der Waals surface area contributed by atoms with E-state index in [1.165, 1.54) is 0 Å². The number of hydrogen-bond acceptors (Lipinski definition) is 4. The van der Waals surface area contributed by atoms with Crippen molar-refractivity contribution >= 4 is 11.3 Å². The van der Waals surface area contributed by atoms with Crippen molar-refractivity contribution in [3.63, 3.8) is 0 Å². The van der Waals surface area contributed by atoms with Crippen molar-refractivity contribution in [3.8, 4) is 0 Å². The molecule has 0 saturated heterocycles. The summed E-state index contributed by atoms with van der Waals surface area (Å²) < 4.78 is 0. The van der Waals surface area contributed by atoms with Gasteiger partial charge in [-0.3, -0.25) is 0 Å². The van der Waals surface area contributed by atoms with Gasteiger partial charge in [0.1, 0.15) is 5.01 Å². The van der Waals surface area contributed by atoms with Gasteiger partial charge >= 0.3 is 0 Å². The Hall–Kier alpha value is -0.450. The van der Waals surface area contributed by atoms with Gasteiger partial charge in [-0.15, -0.1) is 11.3 Å². The zero-order chi connectivity index (χ0) is 8.10. The van der Waals surface area contributed by atoms with Crippen LogP contribution in [0.15, 0.2) is 11.6 Å². The molecule has 0 unspecified atom stereocenters. The largest absolute Gasteiger partial charge is 0.392 e. The van der Waals surface area contributed by atoms with Crippen LogP contribution in [0.4, 0.5) is 0 Å². The van der Waals surface area contributed by atoms with Gasteiger partial charge < -0.3 is 10.4 Å². The van der Waals surface area contributed by atoms with E-state index in [-0.39, 0.29) is 6.10 Å². The van der Waals surface area contributed by atoms with Gasteiger partial charge in [0.05, 0.1) is 6.10 Å². The van der Waals surface area contributed by atoms with Gasteiger partial charge in [-0.2, -0.15) is 0 Å². The van der Waals surface area contributed by atoms with Gasteiger partial charge in [-0.25, -0.2) is 4.98 Å². The first-order chi connectivity index (χ1) is 5.29. The highest BCUT2D eigenvalue weighted by molar-refractivity contribution is 7.09. The van der Waals surface area contributed by atoms with Crippen LogP contribution in [-0.4, -0.2) is 22.7 Å². The van der Waals surface area contributed by atoms with Gasteiger partial charge in [0.25, 0.3) is 0 Å². The zero-order valence-corrected chi connectivity index (χ0v) is 7.27. The van der Waals surface area contributed by atoms with Crippen LogP contribution < -0.4 is 5.32 Å². The molecule has 0 aliphatic heterocycles. The summed E-state index contributed by atoms with van der Waals surface area (Å²) >= 11 is 1.62. The Morgan fingerprint density at radius 3 is 3.18 bits per heavy atom. The van der Waals surface area contributed by atoms with Crippen LogP contribution in [0.5, 0.6) is 0 Å². The van der Waals surface area contributed by atoms with Crippen LogP contribution in [0.2, 0.25) is 0 Å². The number of rotatable bonds is 4. The second-order valence-electron chi connectivity index (χ2n) is 2.41. The maximum absolute atomic E-state index is 8.90. The number of aliphatic hydroxyl groups excluding tert-OH is 1. The fraction of sp³-hybridized carbons (Fsp3) is 0.571. The molecule has 1 aromatic heterocycles. The van der Waals surface area contributed by atoms with Crippen molar-refractivity contribution in [1.82, 2.24) is 10.3 Å². The molecule has 3 nitrogen and oxygen atoms in total. The number of nitrogens with one attached hydrogen (secondary N) is 1. The molecule has 2 N–H and O–H groups in total. The first-order valence-electron chi connectivity index (χ1n) is 3.56. The summed E-state index contributed by atoms with van der Waals surface area (Å²) in [5.74, 6) is 0. The van der Waals surface area contributed by atoms with Crippen molar-refractivity contribution in [2.45, 2.75) is 19.6 Å². The average molecular weight is 172 g/mol. The average Bonchev–Trinajstić information content (AvgIpc) is 2.39. The van der Waals surface area contributed by atoms with Gasteiger partial charge in [0.15, 0.2) is 0 Å². The summed E-state index contributed by atoms with van der Waals surface area (Å²) in [7, 11) is 0. The number of aromatic nitrogens is 1. The zero-order valence-electron chi connectivity index (χ0n) is 6.45. The number of aliphatic hydroxyl groups is 1. The van der Waals surface area contributed by atoms with Crippen LogP contribution in [0.25, 0.3) is 0 Å². The summed E-state index contributed by atoms with van der Waals surface area (Å²) in [6, 6.07) is 0. The Labute approximate surface area is 70.1 Å². The van der Waals surface area contributed by atoms with Crippen LogP contribution >= 0.6 is 11.3 Å². The molecule has 0 bridgehead atoms. The second-order valence-corrected chi connectivity index (χ2v) is 3.38. The summed E-state index contributed by atoms with van der Waals surface area (Å²) in [6.07, 6.45) is 1.50. The van der Waals surface area contributed by atoms with E-state index in [9.17, 15) is 0 Å². The molecule has 0 aliphatic rings. The molecular weight excluding hydrogens is 160 g/mol. The highest BCUT2D eigenvalue weighted by Crippen LogP contribution is 2.02. The second kappa shape index (κ2) is 4.43. The van der Waals surface area contributed by atoms with E-state index in [0.717, 1.165) is 11.6 Å². The Bertz CT molecular complexity index is 186. The third-order valence-corrected chi connectivity index (χ3v) is 1.98. The topological polar surface area (TPSA) is 45.1 Å². The van der Waals surface area contributed by atoms with Gasteiger partial charge in [0.2, 0.25) is 0 Å². The van der Waals surface area contributed by atoms with E-state index < -0.39 is 0 Å². The maximum Gasteiger partial charge on any atom is 0.106 e. The van der Waals surface area contributed by atoms with E-state index >= 15 is 0 Å². The molecule has 0 fully saturated rings. The Kier molecular flexibility index (Phi) is 3.48. The van der Waals surface area contributed by atoms with Crippen LogP contribution in [0, 0.1) is 0 Å². The first-order valence-corrected chi connectivity index (χ1v) is 4.44. The number of thiazole rings is 1. The molecule has 1 rings (SSSR count). The standard InChI is InChI=1S/C7H12N2OS/c1-6(10)4-8-5-7-9-2-3-11-7/h2-3,6,8,10H,4-5H2,1H3/t6-/m1/s1. The van der Waals surface area contributed by atoms with Crippen molar-refractivity contribution in [2.75, 3.05) is 6.54 Å². The highest BCUT2D eigenvalue weighted by Gasteiger charge is 1.96. The quantitative estimate of drug-likeness (QED) is 0.699. The SMILES string of the molecule is C[C@@H](O)CNCc1nccs1. The van der Waals surface area contributed by atoms with Crippen LogP contribution in [0.1, 0.15) is 11.9 Å². The van der Waals surface area contributed by atoms with E-state index in [1.807, 2.05) is 5.38 Å². The molecule has 0 aromatic carbocycles. The summed E-state index contributed by atoms with van der Waals surface area (Å²) in [4.78, 5) is 4.09. The van der Waals surface area contributed by atoms with E-state index in [0.29, 0.717) is 6.54 Å². The lowest BCUT2D eigenvalue weighted by Gasteiger charge is -2.03. The normalized spacial score (nSPS) is 13.3. The Morgan fingerprint density at radius 1 is 1.82 bits per heavy atom. The smallest absolute Gasteiger partial charge is 0.106 e.